The topological polar surface area (TPSA) is 63.0 Å². The molecule has 3 heterocycles. The summed E-state index contributed by atoms with van der Waals surface area (Å²) in [5.74, 6) is 0.891. The van der Waals surface area contributed by atoms with Gasteiger partial charge in [-0.15, -0.1) is 0 Å². The molecule has 1 aliphatic heterocycles. The Morgan fingerprint density at radius 3 is 2.61 bits per heavy atom. The zero-order valence-corrected chi connectivity index (χ0v) is 15.1. The molecule has 8 heteroatoms. The van der Waals surface area contributed by atoms with Crippen molar-refractivity contribution >= 4 is 33.5 Å². The summed E-state index contributed by atoms with van der Waals surface area (Å²) < 4.78 is 8.01. The molecule has 0 N–H and O–H groups in total. The predicted molar refractivity (Wildman–Crippen MR) is 90.7 cm³/mol. The van der Waals surface area contributed by atoms with Gasteiger partial charge in [0.15, 0.2) is 5.65 Å². The third kappa shape index (κ3) is 3.57. The Bertz CT molecular complexity index is 716. The number of hydrogen-bond donors (Lipinski definition) is 0. The Labute approximate surface area is 143 Å². The second kappa shape index (κ2) is 5.99. The minimum Gasteiger partial charge on any atom is -0.444 e. The van der Waals surface area contributed by atoms with Crippen molar-refractivity contribution in [2.75, 3.05) is 31.1 Å². The molecule has 0 atom stereocenters. The Morgan fingerprint density at radius 1 is 1.26 bits per heavy atom. The van der Waals surface area contributed by atoms with Gasteiger partial charge in [-0.2, -0.15) is 5.10 Å². The van der Waals surface area contributed by atoms with Crippen LogP contribution in [0, 0.1) is 0 Å². The van der Waals surface area contributed by atoms with Crippen LogP contribution in [0.25, 0.3) is 5.65 Å². The Hall–Kier alpha value is -1.83. The number of anilines is 1. The zero-order chi connectivity index (χ0) is 16.6. The quantitative estimate of drug-likeness (QED) is 0.759. The van der Waals surface area contributed by atoms with E-state index in [0.717, 1.165) is 29.0 Å². The van der Waals surface area contributed by atoms with Gasteiger partial charge in [-0.25, -0.2) is 14.3 Å². The van der Waals surface area contributed by atoms with Crippen molar-refractivity contribution in [2.45, 2.75) is 26.4 Å². The van der Waals surface area contributed by atoms with Crippen LogP contribution in [0.2, 0.25) is 0 Å². The maximum Gasteiger partial charge on any atom is 0.410 e. The zero-order valence-electron chi connectivity index (χ0n) is 13.5. The van der Waals surface area contributed by atoms with Crippen LogP contribution in [0.5, 0.6) is 0 Å². The smallest absolute Gasteiger partial charge is 0.410 e. The average Bonchev–Trinajstić information content (AvgIpc) is 2.87. The number of hydrogen-bond acceptors (Lipinski definition) is 5. The van der Waals surface area contributed by atoms with Crippen LogP contribution in [0.3, 0.4) is 0 Å². The SMILES string of the molecule is CC(C)(C)OC(=O)N1CCN(c2ccn3ncc(Br)c3n2)CC1. The molecule has 0 aromatic carbocycles. The van der Waals surface area contributed by atoms with Crippen molar-refractivity contribution in [1.29, 1.82) is 0 Å². The Kier molecular flexibility index (Phi) is 4.18. The molecule has 3 rings (SSSR count). The van der Waals surface area contributed by atoms with Crippen molar-refractivity contribution in [3.8, 4) is 0 Å². The minimum absolute atomic E-state index is 0.251. The molecule has 2 aromatic heterocycles. The molecule has 23 heavy (non-hydrogen) atoms. The fraction of sp³-hybridized carbons (Fsp3) is 0.533. The fourth-order valence-electron chi connectivity index (χ4n) is 2.45. The van der Waals surface area contributed by atoms with Gasteiger partial charge in [-0.3, -0.25) is 0 Å². The lowest BCUT2D eigenvalue weighted by Gasteiger charge is -2.36. The number of halogens is 1. The van der Waals surface area contributed by atoms with Gasteiger partial charge < -0.3 is 14.5 Å². The van der Waals surface area contributed by atoms with Gasteiger partial charge in [0.25, 0.3) is 0 Å². The second-order valence-corrected chi connectivity index (χ2v) is 7.36. The van der Waals surface area contributed by atoms with Crippen molar-refractivity contribution in [1.82, 2.24) is 19.5 Å². The van der Waals surface area contributed by atoms with E-state index in [1.165, 1.54) is 0 Å². The number of nitrogens with zero attached hydrogens (tertiary/aromatic N) is 5. The highest BCUT2D eigenvalue weighted by Gasteiger charge is 2.26. The standard InChI is InChI=1S/C15H20BrN5O2/c1-15(2,3)23-14(22)20-8-6-19(7-9-20)12-4-5-21-13(18-12)11(16)10-17-21/h4-5,10H,6-9H2,1-3H3. The number of rotatable bonds is 1. The van der Waals surface area contributed by atoms with Gasteiger partial charge in [-0.05, 0) is 42.8 Å². The first-order valence-electron chi connectivity index (χ1n) is 7.56. The van der Waals surface area contributed by atoms with Crippen molar-refractivity contribution in [2.24, 2.45) is 0 Å². The summed E-state index contributed by atoms with van der Waals surface area (Å²) in [6.45, 7) is 8.35. The molecule has 1 saturated heterocycles. The summed E-state index contributed by atoms with van der Waals surface area (Å²) in [5.41, 5.74) is 0.326. The molecule has 0 bridgehead atoms. The molecule has 1 amide bonds. The molecule has 124 valence electrons. The number of carbonyl (C=O) groups excluding carboxylic acids is 1. The fourth-order valence-corrected chi connectivity index (χ4v) is 2.81. The Balaban J connectivity index is 1.66. The molecule has 0 unspecified atom stereocenters. The minimum atomic E-state index is -0.463. The summed E-state index contributed by atoms with van der Waals surface area (Å²) in [5, 5.41) is 4.19. The van der Waals surface area contributed by atoms with E-state index in [9.17, 15) is 4.79 Å². The molecule has 0 aliphatic carbocycles. The molecular weight excluding hydrogens is 362 g/mol. The lowest BCUT2D eigenvalue weighted by atomic mass is 10.2. The summed E-state index contributed by atoms with van der Waals surface area (Å²) in [6, 6.07) is 1.94. The Morgan fingerprint density at radius 2 is 1.96 bits per heavy atom. The van der Waals surface area contributed by atoms with Crippen LogP contribution >= 0.6 is 15.9 Å². The summed E-state index contributed by atoms with van der Waals surface area (Å²) in [7, 11) is 0. The highest BCUT2D eigenvalue weighted by molar-refractivity contribution is 9.10. The van der Waals surface area contributed by atoms with Gasteiger partial charge in [0.1, 0.15) is 11.4 Å². The molecule has 1 aliphatic rings. The van der Waals surface area contributed by atoms with Gasteiger partial charge in [0.2, 0.25) is 0 Å². The van der Waals surface area contributed by atoms with E-state index in [1.54, 1.807) is 15.6 Å². The number of amides is 1. The molecule has 1 fully saturated rings. The first-order chi connectivity index (χ1) is 10.8. The van der Waals surface area contributed by atoms with Gasteiger partial charge in [-0.1, -0.05) is 0 Å². The number of carbonyl (C=O) groups is 1. The van der Waals surface area contributed by atoms with Crippen molar-refractivity contribution in [3.05, 3.63) is 22.9 Å². The van der Waals surface area contributed by atoms with Gasteiger partial charge in [0.05, 0.1) is 10.7 Å². The molecule has 7 nitrogen and oxygen atoms in total. The maximum atomic E-state index is 12.1. The van der Waals surface area contributed by atoms with Crippen LogP contribution in [0.1, 0.15) is 20.8 Å². The van der Waals surface area contributed by atoms with Gasteiger partial charge >= 0.3 is 6.09 Å². The largest absolute Gasteiger partial charge is 0.444 e. The monoisotopic (exact) mass is 381 g/mol. The molecule has 0 saturated carbocycles. The highest BCUT2D eigenvalue weighted by Crippen LogP contribution is 2.20. The third-order valence-corrected chi connectivity index (χ3v) is 4.13. The van der Waals surface area contributed by atoms with Crippen molar-refractivity contribution in [3.63, 3.8) is 0 Å². The van der Waals surface area contributed by atoms with E-state index >= 15 is 0 Å². The van der Waals surface area contributed by atoms with Crippen LogP contribution < -0.4 is 4.90 Å². The number of fused-ring (bicyclic) bond motifs is 1. The van der Waals surface area contributed by atoms with E-state index in [4.69, 9.17) is 4.74 Å². The van der Waals surface area contributed by atoms with E-state index in [0.29, 0.717) is 13.1 Å². The molecule has 2 aromatic rings. The van der Waals surface area contributed by atoms with Crippen LogP contribution in [-0.4, -0.2) is 57.4 Å². The normalized spacial score (nSPS) is 16.0. The van der Waals surface area contributed by atoms with E-state index in [1.807, 2.05) is 33.0 Å². The third-order valence-electron chi connectivity index (χ3n) is 3.57. The first kappa shape index (κ1) is 16.0. The van der Waals surface area contributed by atoms with E-state index in [2.05, 4.69) is 30.9 Å². The summed E-state index contributed by atoms with van der Waals surface area (Å²) >= 11 is 3.45. The number of piperazine rings is 1. The lowest BCUT2D eigenvalue weighted by molar-refractivity contribution is 0.0240. The number of aromatic nitrogens is 3. The number of ether oxygens (including phenoxy) is 1. The highest BCUT2D eigenvalue weighted by atomic mass is 79.9. The molecule has 0 spiro atoms. The van der Waals surface area contributed by atoms with E-state index < -0.39 is 5.60 Å². The first-order valence-corrected chi connectivity index (χ1v) is 8.35. The maximum absolute atomic E-state index is 12.1. The summed E-state index contributed by atoms with van der Waals surface area (Å²) in [4.78, 5) is 20.6. The molecular formula is C15H20BrN5O2. The van der Waals surface area contributed by atoms with E-state index in [-0.39, 0.29) is 6.09 Å². The van der Waals surface area contributed by atoms with Gasteiger partial charge in [0, 0.05) is 32.4 Å². The van der Waals surface area contributed by atoms with Crippen molar-refractivity contribution < 1.29 is 9.53 Å². The average molecular weight is 382 g/mol. The second-order valence-electron chi connectivity index (χ2n) is 6.50. The lowest BCUT2D eigenvalue weighted by Crippen LogP contribution is -2.50. The molecule has 0 radical (unpaired) electrons. The van der Waals surface area contributed by atoms with Crippen LogP contribution in [0.4, 0.5) is 10.6 Å². The van der Waals surface area contributed by atoms with Crippen LogP contribution in [-0.2, 0) is 4.74 Å². The van der Waals surface area contributed by atoms with Crippen LogP contribution in [0.15, 0.2) is 22.9 Å². The predicted octanol–water partition coefficient (Wildman–Crippen LogP) is 2.55. The summed E-state index contributed by atoms with van der Waals surface area (Å²) in [6.07, 6.45) is 3.37.